The molecule has 6 nitrogen and oxygen atoms in total. The second-order valence-corrected chi connectivity index (χ2v) is 10.2. The predicted molar refractivity (Wildman–Crippen MR) is 115 cm³/mol. The third-order valence-electron chi connectivity index (χ3n) is 5.24. The summed E-state index contributed by atoms with van der Waals surface area (Å²) in [4.78, 5) is 14.9. The molecule has 1 aliphatic heterocycles. The van der Waals surface area contributed by atoms with E-state index >= 15 is 0 Å². The summed E-state index contributed by atoms with van der Waals surface area (Å²) in [6.45, 7) is 2.26. The first-order valence-corrected chi connectivity index (χ1v) is 11.8. The molecule has 1 aliphatic rings. The lowest BCUT2D eigenvalue weighted by molar-refractivity contribution is 0.0670. The highest BCUT2D eigenvalue weighted by molar-refractivity contribution is 7.91. The van der Waals surface area contributed by atoms with Gasteiger partial charge in [-0.05, 0) is 31.0 Å². The number of rotatable bonds is 5. The molecule has 1 atom stereocenters. The molecule has 1 amide bonds. The highest BCUT2D eigenvalue weighted by Crippen LogP contribution is 2.25. The van der Waals surface area contributed by atoms with Gasteiger partial charge in [-0.2, -0.15) is 0 Å². The van der Waals surface area contributed by atoms with Crippen molar-refractivity contribution >= 4 is 27.3 Å². The molecule has 8 heteroatoms. The molecule has 2 aromatic carbocycles. The van der Waals surface area contributed by atoms with Crippen molar-refractivity contribution in [2.24, 2.45) is 0 Å². The average molecular weight is 445 g/mol. The van der Waals surface area contributed by atoms with E-state index in [1.54, 1.807) is 23.1 Å². The standard InChI is InChI=1S/C22H21ClN2O4S/c1-15-2-6-17(7-3-15)21-12-20(24-29-21)22(26)25(19-10-11-30(27,28)14-19)13-16-4-8-18(23)9-5-16/h2-9,12,19H,10-11,13-14H2,1H3/t19-/m1/s1. The van der Waals surface area contributed by atoms with Crippen LogP contribution in [0.2, 0.25) is 5.02 Å². The quantitative estimate of drug-likeness (QED) is 0.591. The Bertz CT molecular complexity index is 1150. The van der Waals surface area contributed by atoms with Crippen LogP contribution in [0.15, 0.2) is 59.1 Å². The van der Waals surface area contributed by atoms with Gasteiger partial charge in [0.25, 0.3) is 5.91 Å². The lowest BCUT2D eigenvalue weighted by atomic mass is 10.1. The molecule has 30 heavy (non-hydrogen) atoms. The van der Waals surface area contributed by atoms with Gasteiger partial charge in [0.1, 0.15) is 0 Å². The van der Waals surface area contributed by atoms with Crippen LogP contribution in [0.5, 0.6) is 0 Å². The van der Waals surface area contributed by atoms with Crippen LogP contribution in [0.3, 0.4) is 0 Å². The summed E-state index contributed by atoms with van der Waals surface area (Å²) >= 11 is 5.96. The van der Waals surface area contributed by atoms with Crippen molar-refractivity contribution in [1.29, 1.82) is 0 Å². The Morgan fingerprint density at radius 1 is 1.17 bits per heavy atom. The van der Waals surface area contributed by atoms with Gasteiger partial charge in [0.2, 0.25) is 0 Å². The third kappa shape index (κ3) is 4.57. The van der Waals surface area contributed by atoms with Crippen LogP contribution >= 0.6 is 11.6 Å². The third-order valence-corrected chi connectivity index (χ3v) is 7.24. The molecule has 0 radical (unpaired) electrons. The van der Waals surface area contributed by atoms with Gasteiger partial charge in [-0.25, -0.2) is 8.42 Å². The first-order chi connectivity index (χ1) is 14.3. The molecule has 0 N–H and O–H groups in total. The molecular weight excluding hydrogens is 424 g/mol. The van der Waals surface area contributed by atoms with Crippen molar-refractivity contribution in [2.45, 2.75) is 25.9 Å². The molecule has 0 bridgehead atoms. The van der Waals surface area contributed by atoms with Crippen LogP contribution < -0.4 is 0 Å². The minimum Gasteiger partial charge on any atom is -0.355 e. The van der Waals surface area contributed by atoms with Crippen molar-refractivity contribution in [1.82, 2.24) is 10.1 Å². The Labute approximate surface area is 180 Å². The minimum absolute atomic E-state index is 0.0466. The lowest BCUT2D eigenvalue weighted by Crippen LogP contribution is -2.40. The summed E-state index contributed by atoms with van der Waals surface area (Å²) in [5.41, 5.74) is 2.95. The fourth-order valence-corrected chi connectivity index (χ4v) is 5.41. The van der Waals surface area contributed by atoms with Crippen LogP contribution in [0.1, 0.15) is 28.0 Å². The molecule has 1 saturated heterocycles. The number of aryl methyl sites for hydroxylation is 1. The van der Waals surface area contributed by atoms with Crippen molar-refractivity contribution in [3.63, 3.8) is 0 Å². The number of carbonyl (C=O) groups excluding carboxylic acids is 1. The van der Waals surface area contributed by atoms with Crippen LogP contribution in [-0.4, -0.2) is 41.9 Å². The summed E-state index contributed by atoms with van der Waals surface area (Å²) in [6.07, 6.45) is 0.407. The SMILES string of the molecule is Cc1ccc(-c2cc(C(=O)N(Cc3ccc(Cl)cc3)[C@@H]3CCS(=O)(=O)C3)no2)cc1. The van der Waals surface area contributed by atoms with E-state index in [2.05, 4.69) is 5.16 Å². The topological polar surface area (TPSA) is 80.5 Å². The van der Waals surface area contributed by atoms with Crippen LogP contribution in [0, 0.1) is 6.92 Å². The van der Waals surface area contributed by atoms with Gasteiger partial charge >= 0.3 is 0 Å². The number of hydrogen-bond donors (Lipinski definition) is 0. The molecule has 0 spiro atoms. The second-order valence-electron chi connectivity index (χ2n) is 7.56. The molecule has 3 aromatic rings. The van der Waals surface area contributed by atoms with Crippen molar-refractivity contribution in [3.05, 3.63) is 76.4 Å². The van der Waals surface area contributed by atoms with Gasteiger partial charge in [-0.3, -0.25) is 4.79 Å². The summed E-state index contributed by atoms with van der Waals surface area (Å²) < 4.78 is 29.5. The predicted octanol–water partition coefficient (Wildman–Crippen LogP) is 4.13. The zero-order chi connectivity index (χ0) is 21.3. The number of benzene rings is 2. The molecule has 2 heterocycles. The van der Waals surface area contributed by atoms with Crippen molar-refractivity contribution in [2.75, 3.05) is 11.5 Å². The summed E-state index contributed by atoms with van der Waals surface area (Å²) in [6, 6.07) is 16.1. The molecule has 0 saturated carbocycles. The van der Waals surface area contributed by atoms with Crippen LogP contribution in [-0.2, 0) is 16.4 Å². The van der Waals surface area contributed by atoms with Gasteiger partial charge in [-0.15, -0.1) is 0 Å². The van der Waals surface area contributed by atoms with E-state index in [1.165, 1.54) is 0 Å². The van der Waals surface area contributed by atoms with E-state index < -0.39 is 15.9 Å². The highest BCUT2D eigenvalue weighted by Gasteiger charge is 2.36. The monoisotopic (exact) mass is 444 g/mol. The molecule has 4 rings (SSSR count). The van der Waals surface area contributed by atoms with Crippen LogP contribution in [0.4, 0.5) is 0 Å². The van der Waals surface area contributed by atoms with E-state index in [-0.39, 0.29) is 29.7 Å². The van der Waals surface area contributed by atoms with Gasteiger partial charge in [0, 0.05) is 29.2 Å². The normalized spacial score (nSPS) is 17.7. The smallest absolute Gasteiger partial charge is 0.276 e. The second kappa shape index (κ2) is 8.24. The number of sulfone groups is 1. The fourth-order valence-electron chi connectivity index (χ4n) is 3.55. The Kier molecular flexibility index (Phi) is 5.66. The van der Waals surface area contributed by atoms with E-state index in [1.807, 2.05) is 43.3 Å². The Hall–Kier alpha value is -2.64. The highest BCUT2D eigenvalue weighted by atomic mass is 35.5. The number of aromatic nitrogens is 1. The Morgan fingerprint density at radius 3 is 2.50 bits per heavy atom. The molecular formula is C22H21ClN2O4S. The number of amides is 1. The maximum atomic E-state index is 13.3. The fraction of sp³-hybridized carbons (Fsp3) is 0.273. The van der Waals surface area contributed by atoms with Gasteiger partial charge < -0.3 is 9.42 Å². The maximum Gasteiger partial charge on any atom is 0.276 e. The van der Waals surface area contributed by atoms with Crippen molar-refractivity contribution in [3.8, 4) is 11.3 Å². The van der Waals surface area contributed by atoms with Crippen LogP contribution in [0.25, 0.3) is 11.3 Å². The minimum atomic E-state index is -3.16. The molecule has 1 aromatic heterocycles. The van der Waals surface area contributed by atoms with E-state index in [0.717, 1.165) is 16.7 Å². The van der Waals surface area contributed by atoms with E-state index in [0.29, 0.717) is 17.2 Å². The number of halogens is 1. The Balaban J connectivity index is 1.62. The van der Waals surface area contributed by atoms with E-state index in [9.17, 15) is 13.2 Å². The van der Waals surface area contributed by atoms with E-state index in [4.69, 9.17) is 16.1 Å². The molecule has 0 unspecified atom stereocenters. The van der Waals surface area contributed by atoms with Gasteiger partial charge in [-0.1, -0.05) is 58.7 Å². The summed E-state index contributed by atoms with van der Waals surface area (Å²) in [5.74, 6) is 0.169. The van der Waals surface area contributed by atoms with Gasteiger partial charge in [0.05, 0.1) is 11.5 Å². The number of carbonyl (C=O) groups is 1. The first kappa shape index (κ1) is 20.6. The first-order valence-electron chi connectivity index (χ1n) is 9.60. The molecule has 0 aliphatic carbocycles. The van der Waals surface area contributed by atoms with Crippen molar-refractivity contribution < 1.29 is 17.7 Å². The lowest BCUT2D eigenvalue weighted by Gasteiger charge is -2.27. The largest absolute Gasteiger partial charge is 0.355 e. The number of nitrogens with zero attached hydrogens (tertiary/aromatic N) is 2. The molecule has 156 valence electrons. The maximum absolute atomic E-state index is 13.3. The summed E-state index contributed by atoms with van der Waals surface area (Å²) in [5, 5.41) is 4.56. The zero-order valence-corrected chi connectivity index (χ0v) is 18.0. The average Bonchev–Trinajstić information content (AvgIpc) is 3.34. The molecule has 1 fully saturated rings. The zero-order valence-electron chi connectivity index (χ0n) is 16.4. The number of hydrogen-bond acceptors (Lipinski definition) is 5. The van der Waals surface area contributed by atoms with Gasteiger partial charge in [0.15, 0.2) is 21.3 Å². The summed E-state index contributed by atoms with van der Waals surface area (Å²) in [7, 11) is -3.16. The Morgan fingerprint density at radius 2 is 1.87 bits per heavy atom.